The summed E-state index contributed by atoms with van der Waals surface area (Å²) >= 11 is 0. The molecule has 30 heavy (non-hydrogen) atoms. The zero-order valence-electron chi connectivity index (χ0n) is 17.4. The van der Waals surface area contributed by atoms with Crippen molar-refractivity contribution in [2.75, 3.05) is 18.4 Å². The van der Waals surface area contributed by atoms with E-state index in [0.29, 0.717) is 25.0 Å². The summed E-state index contributed by atoms with van der Waals surface area (Å²) in [5.41, 5.74) is 0.845. The van der Waals surface area contributed by atoms with E-state index in [0.717, 1.165) is 12.2 Å². The first-order chi connectivity index (χ1) is 13.8. The van der Waals surface area contributed by atoms with Crippen LogP contribution in [0.2, 0.25) is 0 Å². The van der Waals surface area contributed by atoms with Gasteiger partial charge < -0.3 is 16.0 Å². The monoisotopic (exact) mass is 457 g/mol. The van der Waals surface area contributed by atoms with E-state index in [9.17, 15) is 4.79 Å². The minimum Gasteiger partial charge on any atom is -0.353 e. The van der Waals surface area contributed by atoms with Crippen LogP contribution in [0.1, 0.15) is 51.9 Å². The van der Waals surface area contributed by atoms with Crippen LogP contribution in [0.25, 0.3) is 5.69 Å². The van der Waals surface area contributed by atoms with Crippen molar-refractivity contribution in [2.24, 2.45) is 0 Å². The van der Waals surface area contributed by atoms with Crippen LogP contribution in [0.5, 0.6) is 0 Å². The third-order valence-corrected chi connectivity index (χ3v) is 5.21. The number of nitrogens with one attached hydrogen (secondary N) is 3. The second kappa shape index (κ2) is 14.2. The third-order valence-electron chi connectivity index (χ3n) is 5.21. The molecule has 1 fully saturated rings. The van der Waals surface area contributed by atoms with Crippen molar-refractivity contribution in [2.45, 2.75) is 64.0 Å². The highest BCUT2D eigenvalue weighted by molar-refractivity contribution is 5.85. The Morgan fingerprint density at radius 3 is 2.47 bits per heavy atom. The Morgan fingerprint density at radius 2 is 1.80 bits per heavy atom. The van der Waals surface area contributed by atoms with E-state index >= 15 is 0 Å². The van der Waals surface area contributed by atoms with Gasteiger partial charge >= 0.3 is 0 Å². The summed E-state index contributed by atoms with van der Waals surface area (Å²) in [5, 5.41) is 21.6. The lowest BCUT2D eigenvalue weighted by Crippen LogP contribution is -2.43. The quantitative estimate of drug-likeness (QED) is 0.395. The van der Waals surface area contributed by atoms with Gasteiger partial charge in [0.25, 0.3) is 0 Å². The van der Waals surface area contributed by atoms with Crippen LogP contribution < -0.4 is 16.0 Å². The van der Waals surface area contributed by atoms with Crippen LogP contribution in [-0.2, 0) is 4.79 Å². The number of para-hydroxylation sites is 1. The van der Waals surface area contributed by atoms with Gasteiger partial charge in [-0.25, -0.2) is 0 Å². The van der Waals surface area contributed by atoms with E-state index in [1.165, 1.54) is 38.5 Å². The Kier molecular flexibility index (Phi) is 12.3. The number of carbonyl (C=O) groups excluding carboxylic acids is 1. The zero-order chi connectivity index (χ0) is 19.6. The molecule has 1 heterocycles. The zero-order valence-corrected chi connectivity index (χ0v) is 19.1. The van der Waals surface area contributed by atoms with Crippen molar-refractivity contribution >= 4 is 36.7 Å². The largest absolute Gasteiger partial charge is 0.353 e. The van der Waals surface area contributed by atoms with Gasteiger partial charge in [-0.05, 0) is 41.8 Å². The summed E-state index contributed by atoms with van der Waals surface area (Å²) in [6.45, 7) is 3.39. The highest BCUT2D eigenvalue weighted by atomic mass is 35.5. The smallest absolute Gasteiger partial charge is 0.248 e. The van der Waals surface area contributed by atoms with Crippen LogP contribution in [-0.4, -0.2) is 51.3 Å². The number of rotatable bonds is 9. The number of amides is 1. The van der Waals surface area contributed by atoms with Crippen molar-refractivity contribution in [1.29, 1.82) is 0 Å². The van der Waals surface area contributed by atoms with E-state index in [1.807, 2.05) is 37.3 Å². The maximum Gasteiger partial charge on any atom is 0.248 e. The van der Waals surface area contributed by atoms with Gasteiger partial charge in [0, 0.05) is 19.1 Å². The van der Waals surface area contributed by atoms with Crippen molar-refractivity contribution in [3.05, 3.63) is 30.3 Å². The van der Waals surface area contributed by atoms with E-state index in [4.69, 9.17) is 0 Å². The average molecular weight is 458 g/mol. The molecular weight excluding hydrogens is 425 g/mol. The minimum absolute atomic E-state index is 0. The lowest BCUT2D eigenvalue weighted by atomic mass is 10.1. The number of halogens is 2. The first kappa shape index (κ1) is 26.1. The lowest BCUT2D eigenvalue weighted by Gasteiger charge is -2.19. The molecule has 1 aromatic carbocycles. The number of hydrogen-bond donors (Lipinski definition) is 3. The van der Waals surface area contributed by atoms with Crippen molar-refractivity contribution in [3.8, 4) is 5.69 Å². The van der Waals surface area contributed by atoms with Crippen LogP contribution in [0.3, 0.4) is 0 Å². The molecule has 1 aliphatic carbocycles. The third kappa shape index (κ3) is 7.74. The van der Waals surface area contributed by atoms with Crippen molar-refractivity contribution in [1.82, 2.24) is 30.8 Å². The Morgan fingerprint density at radius 1 is 1.10 bits per heavy atom. The molecule has 0 spiro atoms. The molecule has 1 atom stereocenters. The van der Waals surface area contributed by atoms with E-state index in [-0.39, 0.29) is 36.8 Å². The van der Waals surface area contributed by atoms with Gasteiger partial charge in [-0.15, -0.1) is 24.8 Å². The van der Waals surface area contributed by atoms with Gasteiger partial charge in [-0.1, -0.05) is 55.9 Å². The molecule has 0 aliphatic heterocycles. The van der Waals surface area contributed by atoms with Crippen LogP contribution in [0, 0.1) is 0 Å². The number of hydrogen-bond acceptors (Lipinski definition) is 6. The van der Waals surface area contributed by atoms with Gasteiger partial charge in [0.05, 0.1) is 5.69 Å². The average Bonchev–Trinajstić information content (AvgIpc) is 3.04. The molecule has 2 aromatic rings. The molecule has 0 bridgehead atoms. The normalized spacial score (nSPS) is 15.2. The van der Waals surface area contributed by atoms with E-state index in [2.05, 4.69) is 31.5 Å². The first-order valence-corrected chi connectivity index (χ1v) is 10.4. The SMILES string of the molecule is CCC(Nc1nnnn1-c1ccccc1)C(=O)NCCNC1CCCCCC1.Cl.Cl. The summed E-state index contributed by atoms with van der Waals surface area (Å²) in [6.07, 6.45) is 8.44. The highest BCUT2D eigenvalue weighted by Crippen LogP contribution is 2.17. The molecule has 0 saturated heterocycles. The molecule has 3 rings (SSSR count). The molecule has 0 radical (unpaired) electrons. The standard InChI is InChI=1S/C20H31N7O.2ClH/c1-2-18(19(28)22-15-14-21-16-10-6-3-4-7-11-16)23-20-24-25-26-27(20)17-12-8-5-9-13-17;;/h5,8-9,12-13,16,18,21H,2-4,6-7,10-11,14-15H2,1H3,(H,22,28)(H,23,24,26);2*1H. The topological polar surface area (TPSA) is 96.8 Å². The molecule has 10 heteroatoms. The highest BCUT2D eigenvalue weighted by Gasteiger charge is 2.19. The van der Waals surface area contributed by atoms with Gasteiger partial charge in [-0.2, -0.15) is 4.68 Å². The summed E-state index contributed by atoms with van der Waals surface area (Å²) < 4.78 is 1.60. The Hall–Kier alpha value is -1.90. The number of nitrogens with zero attached hydrogens (tertiary/aromatic N) is 4. The minimum atomic E-state index is -0.383. The number of benzene rings is 1. The summed E-state index contributed by atoms with van der Waals surface area (Å²) in [7, 11) is 0. The summed E-state index contributed by atoms with van der Waals surface area (Å²) in [6, 6.07) is 9.83. The number of anilines is 1. The summed E-state index contributed by atoms with van der Waals surface area (Å²) in [4.78, 5) is 12.6. The van der Waals surface area contributed by atoms with E-state index < -0.39 is 0 Å². The van der Waals surface area contributed by atoms with Crippen LogP contribution >= 0.6 is 24.8 Å². The van der Waals surface area contributed by atoms with Crippen LogP contribution in [0.15, 0.2) is 30.3 Å². The molecule has 1 aromatic heterocycles. The maximum atomic E-state index is 12.6. The molecular formula is C20H33Cl2N7O. The Balaban J connectivity index is 0.00000225. The van der Waals surface area contributed by atoms with Gasteiger partial charge in [0.1, 0.15) is 6.04 Å². The molecule has 3 N–H and O–H groups in total. The molecule has 8 nitrogen and oxygen atoms in total. The Labute approximate surface area is 190 Å². The Bertz CT molecular complexity index is 721. The molecule has 168 valence electrons. The second-order valence-corrected chi connectivity index (χ2v) is 7.29. The van der Waals surface area contributed by atoms with Gasteiger partial charge in [0.2, 0.25) is 11.9 Å². The number of tetrazole rings is 1. The predicted molar refractivity (Wildman–Crippen MR) is 124 cm³/mol. The molecule has 1 aliphatic rings. The lowest BCUT2D eigenvalue weighted by molar-refractivity contribution is -0.121. The fraction of sp³-hybridized carbons (Fsp3) is 0.600. The molecule has 1 amide bonds. The second-order valence-electron chi connectivity index (χ2n) is 7.29. The fourth-order valence-electron chi connectivity index (χ4n) is 3.60. The van der Waals surface area contributed by atoms with Crippen molar-refractivity contribution < 1.29 is 4.79 Å². The number of carbonyl (C=O) groups is 1. The van der Waals surface area contributed by atoms with E-state index in [1.54, 1.807) is 4.68 Å². The van der Waals surface area contributed by atoms with Gasteiger partial charge in [0.15, 0.2) is 0 Å². The van der Waals surface area contributed by atoms with Crippen molar-refractivity contribution in [3.63, 3.8) is 0 Å². The maximum absolute atomic E-state index is 12.6. The van der Waals surface area contributed by atoms with Crippen LogP contribution in [0.4, 0.5) is 5.95 Å². The predicted octanol–water partition coefficient (Wildman–Crippen LogP) is 3.13. The molecule has 1 unspecified atom stereocenters. The number of aromatic nitrogens is 4. The first-order valence-electron chi connectivity index (χ1n) is 10.4. The fourth-order valence-corrected chi connectivity index (χ4v) is 3.60. The molecule has 1 saturated carbocycles. The van der Waals surface area contributed by atoms with Gasteiger partial charge in [-0.3, -0.25) is 4.79 Å². The summed E-state index contributed by atoms with van der Waals surface area (Å²) in [5.74, 6) is 0.428.